The Kier molecular flexibility index (Phi) is 5.37. The molecule has 0 saturated carbocycles. The zero-order valence-electron chi connectivity index (χ0n) is 20.5. The number of carbonyl (C=O) groups is 1. The number of anilines is 1. The molecule has 6 heterocycles. The summed E-state index contributed by atoms with van der Waals surface area (Å²) in [6.07, 6.45) is 8.67. The lowest BCUT2D eigenvalue weighted by Gasteiger charge is -2.07. The average molecular weight is 509 g/mol. The van der Waals surface area contributed by atoms with Crippen molar-refractivity contribution in [3.05, 3.63) is 109 Å². The van der Waals surface area contributed by atoms with Crippen molar-refractivity contribution in [3.8, 4) is 33.8 Å². The summed E-state index contributed by atoms with van der Waals surface area (Å²) in [7, 11) is 0. The maximum atomic E-state index is 12.6. The van der Waals surface area contributed by atoms with Gasteiger partial charge in [0, 0.05) is 57.8 Å². The molecule has 0 atom stereocenters. The summed E-state index contributed by atoms with van der Waals surface area (Å²) in [4.78, 5) is 34.0. The van der Waals surface area contributed by atoms with Crippen molar-refractivity contribution >= 4 is 33.7 Å². The van der Waals surface area contributed by atoms with E-state index in [0.29, 0.717) is 16.9 Å². The van der Waals surface area contributed by atoms with Crippen LogP contribution in [0.25, 0.3) is 55.8 Å². The van der Waals surface area contributed by atoms with Crippen LogP contribution >= 0.6 is 0 Å². The van der Waals surface area contributed by atoms with Crippen molar-refractivity contribution in [1.82, 2.24) is 35.1 Å². The molecule has 0 aliphatic heterocycles. The minimum Gasteiger partial charge on any atom is -0.338 e. The molecule has 6 aromatic heterocycles. The zero-order chi connectivity index (χ0) is 26.2. The normalized spacial score (nSPS) is 11.2. The van der Waals surface area contributed by atoms with E-state index in [1.54, 1.807) is 43.1 Å². The first-order valence-electron chi connectivity index (χ1n) is 12.3. The number of nitrogens with one attached hydrogen (secondary N) is 3. The number of hydrogen-bond acceptors (Lipinski definition) is 6. The standard InChI is InChI=1S/C30H20N8O/c39-30(18-6-2-1-3-7-18)35-21-12-19(15-31-17-21)20-13-24-27(37-38-29(24)34-16-20)26-14-23-22(9-11-33-28(23)36-26)25-8-4-5-10-32-25/h1-17H,(H,33,36)(H,35,39)(H,34,37,38). The van der Waals surface area contributed by atoms with E-state index < -0.39 is 0 Å². The number of amides is 1. The molecule has 7 aromatic rings. The molecule has 0 saturated heterocycles. The van der Waals surface area contributed by atoms with Gasteiger partial charge in [-0.25, -0.2) is 9.97 Å². The van der Waals surface area contributed by atoms with Crippen molar-refractivity contribution in [3.63, 3.8) is 0 Å². The van der Waals surface area contributed by atoms with Crippen molar-refractivity contribution < 1.29 is 4.79 Å². The smallest absolute Gasteiger partial charge is 0.255 e. The molecule has 0 aliphatic carbocycles. The summed E-state index contributed by atoms with van der Waals surface area (Å²) in [5, 5.41) is 12.3. The van der Waals surface area contributed by atoms with E-state index in [-0.39, 0.29) is 5.91 Å². The summed E-state index contributed by atoms with van der Waals surface area (Å²) < 4.78 is 0. The van der Waals surface area contributed by atoms with Crippen LogP contribution < -0.4 is 5.32 Å². The molecule has 39 heavy (non-hydrogen) atoms. The van der Waals surface area contributed by atoms with Crippen LogP contribution in [-0.2, 0) is 0 Å². The van der Waals surface area contributed by atoms with Gasteiger partial charge in [0.05, 0.1) is 23.3 Å². The van der Waals surface area contributed by atoms with E-state index in [0.717, 1.165) is 50.2 Å². The minimum atomic E-state index is -0.197. The molecule has 3 N–H and O–H groups in total. The first-order valence-corrected chi connectivity index (χ1v) is 12.3. The van der Waals surface area contributed by atoms with Crippen molar-refractivity contribution in [1.29, 1.82) is 0 Å². The van der Waals surface area contributed by atoms with Crippen LogP contribution in [0.5, 0.6) is 0 Å². The Hall–Kier alpha value is -5.70. The molecular formula is C30H20N8O. The molecule has 7 rings (SSSR count). The number of carbonyl (C=O) groups excluding carboxylic acids is 1. The Morgan fingerprint density at radius 1 is 0.744 bits per heavy atom. The van der Waals surface area contributed by atoms with E-state index >= 15 is 0 Å². The van der Waals surface area contributed by atoms with Crippen LogP contribution in [0.1, 0.15) is 10.4 Å². The third kappa shape index (κ3) is 4.17. The lowest BCUT2D eigenvalue weighted by Crippen LogP contribution is -2.11. The van der Waals surface area contributed by atoms with E-state index in [2.05, 4.69) is 40.4 Å². The van der Waals surface area contributed by atoms with E-state index in [9.17, 15) is 4.79 Å². The van der Waals surface area contributed by atoms with Crippen LogP contribution in [0, 0.1) is 0 Å². The van der Waals surface area contributed by atoms with Gasteiger partial charge < -0.3 is 10.3 Å². The zero-order valence-corrected chi connectivity index (χ0v) is 20.5. The van der Waals surface area contributed by atoms with Gasteiger partial charge in [0.25, 0.3) is 5.91 Å². The van der Waals surface area contributed by atoms with Gasteiger partial charge in [0.2, 0.25) is 0 Å². The molecule has 186 valence electrons. The van der Waals surface area contributed by atoms with Gasteiger partial charge in [0.1, 0.15) is 11.3 Å². The highest BCUT2D eigenvalue weighted by atomic mass is 16.1. The van der Waals surface area contributed by atoms with Gasteiger partial charge >= 0.3 is 0 Å². The molecule has 1 aromatic carbocycles. The summed E-state index contributed by atoms with van der Waals surface area (Å²) in [6, 6.07) is 22.8. The summed E-state index contributed by atoms with van der Waals surface area (Å²) in [5.41, 5.74) is 7.64. The number of fused-ring (bicyclic) bond motifs is 2. The van der Waals surface area contributed by atoms with Crippen LogP contribution in [0.15, 0.2) is 104 Å². The van der Waals surface area contributed by atoms with Crippen LogP contribution in [0.3, 0.4) is 0 Å². The molecule has 0 unspecified atom stereocenters. The monoisotopic (exact) mass is 508 g/mol. The van der Waals surface area contributed by atoms with Gasteiger partial charge in [0.15, 0.2) is 5.65 Å². The lowest BCUT2D eigenvalue weighted by atomic mass is 10.1. The second-order valence-corrected chi connectivity index (χ2v) is 8.99. The number of aromatic nitrogens is 7. The highest BCUT2D eigenvalue weighted by molar-refractivity contribution is 6.04. The largest absolute Gasteiger partial charge is 0.338 e. The van der Waals surface area contributed by atoms with Crippen molar-refractivity contribution in [2.75, 3.05) is 5.32 Å². The number of pyridine rings is 4. The fourth-order valence-corrected chi connectivity index (χ4v) is 4.63. The fourth-order valence-electron chi connectivity index (χ4n) is 4.63. The SMILES string of the molecule is O=C(Nc1cncc(-c2cnc3[nH]nc(-c4cc5c(-c6ccccn6)ccnc5[nH]4)c3c2)c1)c1ccccc1. The number of hydrogen-bond donors (Lipinski definition) is 3. The second kappa shape index (κ2) is 9.31. The third-order valence-corrected chi connectivity index (χ3v) is 6.51. The first kappa shape index (κ1) is 22.5. The number of H-pyrrole nitrogens is 2. The number of rotatable bonds is 5. The quantitative estimate of drug-likeness (QED) is 0.267. The maximum Gasteiger partial charge on any atom is 0.255 e. The molecule has 0 aliphatic rings. The van der Waals surface area contributed by atoms with Gasteiger partial charge in [-0.2, -0.15) is 5.10 Å². The second-order valence-electron chi connectivity index (χ2n) is 8.99. The average Bonchev–Trinajstić information content (AvgIpc) is 3.62. The van der Waals surface area contributed by atoms with Gasteiger partial charge in [-0.1, -0.05) is 24.3 Å². The molecule has 9 nitrogen and oxygen atoms in total. The molecule has 0 radical (unpaired) electrons. The van der Waals surface area contributed by atoms with E-state index in [1.807, 2.05) is 60.7 Å². The number of aromatic amines is 2. The Labute approximate surface area is 222 Å². The predicted octanol–water partition coefficient (Wildman–Crippen LogP) is 5.88. The van der Waals surface area contributed by atoms with Crippen molar-refractivity contribution in [2.24, 2.45) is 0 Å². The van der Waals surface area contributed by atoms with Gasteiger partial charge in [-0.15, -0.1) is 0 Å². The van der Waals surface area contributed by atoms with Crippen LogP contribution in [0.4, 0.5) is 5.69 Å². The molecular weight excluding hydrogens is 488 g/mol. The van der Waals surface area contributed by atoms with Crippen LogP contribution in [0.2, 0.25) is 0 Å². The van der Waals surface area contributed by atoms with Gasteiger partial charge in [-0.3, -0.25) is 19.9 Å². The molecule has 0 bridgehead atoms. The first-order chi connectivity index (χ1) is 19.2. The summed E-state index contributed by atoms with van der Waals surface area (Å²) in [5.74, 6) is -0.197. The molecule has 9 heteroatoms. The highest BCUT2D eigenvalue weighted by Crippen LogP contribution is 2.33. The van der Waals surface area contributed by atoms with Gasteiger partial charge in [-0.05, 0) is 48.5 Å². The number of benzene rings is 1. The highest BCUT2D eigenvalue weighted by Gasteiger charge is 2.16. The van der Waals surface area contributed by atoms with Crippen LogP contribution in [-0.4, -0.2) is 41.0 Å². The molecule has 0 fully saturated rings. The molecule has 1 amide bonds. The maximum absolute atomic E-state index is 12.6. The summed E-state index contributed by atoms with van der Waals surface area (Å²) in [6.45, 7) is 0. The molecule has 0 spiro atoms. The van der Waals surface area contributed by atoms with E-state index in [1.165, 1.54) is 0 Å². The Bertz CT molecular complexity index is 1960. The predicted molar refractivity (Wildman–Crippen MR) is 150 cm³/mol. The fraction of sp³-hybridized carbons (Fsp3) is 0. The third-order valence-electron chi connectivity index (χ3n) is 6.51. The Morgan fingerprint density at radius 3 is 2.49 bits per heavy atom. The Balaban J connectivity index is 1.25. The summed E-state index contributed by atoms with van der Waals surface area (Å²) >= 11 is 0. The number of nitrogens with zero attached hydrogens (tertiary/aromatic N) is 5. The Morgan fingerprint density at radius 2 is 1.62 bits per heavy atom. The lowest BCUT2D eigenvalue weighted by molar-refractivity contribution is 0.102. The minimum absolute atomic E-state index is 0.197. The van der Waals surface area contributed by atoms with Crippen molar-refractivity contribution in [2.45, 2.75) is 0 Å². The topological polar surface area (TPSA) is 125 Å². The van der Waals surface area contributed by atoms with E-state index in [4.69, 9.17) is 0 Å².